The van der Waals surface area contributed by atoms with E-state index in [1.54, 1.807) is 26.0 Å². The molecule has 0 radical (unpaired) electrons. The Balaban J connectivity index is 2.08. The molecule has 6 nitrogen and oxygen atoms in total. The Hall–Kier alpha value is -3.54. The van der Waals surface area contributed by atoms with Crippen molar-refractivity contribution >= 4 is 28.1 Å². The second-order valence-electron chi connectivity index (χ2n) is 6.00. The van der Waals surface area contributed by atoms with E-state index in [4.69, 9.17) is 4.84 Å². The van der Waals surface area contributed by atoms with Crippen molar-refractivity contribution < 1.29 is 14.6 Å². The number of fused-ring (bicyclic) bond motifs is 1. The van der Waals surface area contributed by atoms with Crippen LogP contribution < -0.4 is 0 Å². The average molecular weight is 362 g/mol. The molecule has 6 heteroatoms. The first-order valence-corrected chi connectivity index (χ1v) is 8.52. The van der Waals surface area contributed by atoms with Crippen LogP contribution in [0.15, 0.2) is 65.8 Å². The molecule has 0 fully saturated rings. The Morgan fingerprint density at radius 2 is 1.70 bits per heavy atom. The predicted molar refractivity (Wildman–Crippen MR) is 105 cm³/mol. The van der Waals surface area contributed by atoms with Crippen LogP contribution in [-0.2, 0) is 9.63 Å². The normalized spacial score (nSPS) is 11.4. The molecular formula is C21H18N2O4. The van der Waals surface area contributed by atoms with Gasteiger partial charge in [0.05, 0.1) is 10.6 Å². The van der Waals surface area contributed by atoms with Gasteiger partial charge in [0.25, 0.3) is 5.69 Å². The van der Waals surface area contributed by atoms with E-state index in [1.165, 1.54) is 12.1 Å². The fraction of sp³-hybridized carbons (Fsp3) is 0.143. The third kappa shape index (κ3) is 3.84. The molecule has 3 rings (SSSR count). The predicted octanol–water partition coefficient (Wildman–Crippen LogP) is 5.09. The van der Waals surface area contributed by atoms with E-state index < -0.39 is 4.92 Å². The largest absolute Gasteiger partial charge is 0.334 e. The molecule has 0 unspecified atom stereocenters. The molecule has 0 saturated heterocycles. The van der Waals surface area contributed by atoms with Crippen LogP contribution in [0.1, 0.15) is 25.8 Å². The summed E-state index contributed by atoms with van der Waals surface area (Å²) in [5.74, 6) is -0.388. The quantitative estimate of drug-likeness (QED) is 0.274. The molecule has 136 valence electrons. The number of carbonyl (C=O) groups excluding carboxylic acids is 1. The Morgan fingerprint density at radius 1 is 1.04 bits per heavy atom. The molecule has 0 aliphatic rings. The van der Waals surface area contributed by atoms with Crippen molar-refractivity contribution in [1.82, 2.24) is 0 Å². The van der Waals surface area contributed by atoms with Gasteiger partial charge in [0.2, 0.25) is 0 Å². The molecule has 0 atom stereocenters. The summed E-state index contributed by atoms with van der Waals surface area (Å²) in [7, 11) is 0. The summed E-state index contributed by atoms with van der Waals surface area (Å²) in [6, 6.07) is 18.1. The van der Waals surface area contributed by atoms with Crippen LogP contribution in [0.3, 0.4) is 0 Å². The van der Waals surface area contributed by atoms with Crippen LogP contribution in [-0.4, -0.2) is 16.6 Å². The SMILES string of the molecule is CCC(=O)ON=C(C)c1ccc(-c2ccc([N+](=O)[O-])cc2)c2ccccc12. The third-order valence-electron chi connectivity index (χ3n) is 4.28. The van der Waals surface area contributed by atoms with Gasteiger partial charge < -0.3 is 4.84 Å². The lowest BCUT2D eigenvalue weighted by Crippen LogP contribution is -2.02. The van der Waals surface area contributed by atoms with Gasteiger partial charge in [0.1, 0.15) is 0 Å². The van der Waals surface area contributed by atoms with E-state index in [0.717, 1.165) is 27.5 Å². The second-order valence-corrected chi connectivity index (χ2v) is 6.00. The molecule has 0 amide bonds. The van der Waals surface area contributed by atoms with Gasteiger partial charge in [-0.1, -0.05) is 48.5 Å². The summed E-state index contributed by atoms with van der Waals surface area (Å²) in [6.07, 6.45) is 0.261. The number of rotatable bonds is 5. The molecule has 0 bridgehead atoms. The van der Waals surface area contributed by atoms with Crippen LogP contribution >= 0.6 is 0 Å². The summed E-state index contributed by atoms with van der Waals surface area (Å²) < 4.78 is 0. The minimum absolute atomic E-state index is 0.0559. The lowest BCUT2D eigenvalue weighted by Gasteiger charge is -2.11. The van der Waals surface area contributed by atoms with Crippen molar-refractivity contribution in [2.75, 3.05) is 0 Å². The van der Waals surface area contributed by atoms with Gasteiger partial charge in [-0.15, -0.1) is 0 Å². The highest BCUT2D eigenvalue weighted by atomic mass is 16.7. The van der Waals surface area contributed by atoms with E-state index in [9.17, 15) is 14.9 Å². The number of nitro groups is 1. The van der Waals surface area contributed by atoms with Crippen molar-refractivity contribution in [2.45, 2.75) is 20.3 Å². The number of benzene rings is 3. The Kier molecular flexibility index (Phi) is 5.26. The smallest absolute Gasteiger partial charge is 0.318 e. The number of carbonyl (C=O) groups is 1. The molecule has 3 aromatic carbocycles. The van der Waals surface area contributed by atoms with Gasteiger partial charge in [-0.25, -0.2) is 4.79 Å². The highest BCUT2D eigenvalue weighted by Gasteiger charge is 2.12. The molecule has 0 aliphatic carbocycles. The van der Waals surface area contributed by atoms with Crippen LogP contribution in [0.4, 0.5) is 5.69 Å². The summed E-state index contributed by atoms with van der Waals surface area (Å²) in [5, 5.41) is 16.8. The molecule has 0 aromatic heterocycles. The van der Waals surface area contributed by atoms with Gasteiger partial charge >= 0.3 is 5.97 Å². The average Bonchev–Trinajstić information content (AvgIpc) is 2.71. The van der Waals surface area contributed by atoms with Crippen LogP contribution in [0.2, 0.25) is 0 Å². The fourth-order valence-electron chi connectivity index (χ4n) is 2.86. The first kappa shape index (κ1) is 18.3. The summed E-state index contributed by atoms with van der Waals surface area (Å²) in [5.41, 5.74) is 3.36. The highest BCUT2D eigenvalue weighted by Crippen LogP contribution is 2.32. The first-order chi connectivity index (χ1) is 13.0. The zero-order valence-electron chi connectivity index (χ0n) is 15.0. The summed E-state index contributed by atoms with van der Waals surface area (Å²) in [6.45, 7) is 3.50. The molecule has 3 aromatic rings. The van der Waals surface area contributed by atoms with E-state index in [2.05, 4.69) is 5.16 Å². The maximum absolute atomic E-state index is 11.3. The van der Waals surface area contributed by atoms with E-state index in [1.807, 2.05) is 36.4 Å². The third-order valence-corrected chi connectivity index (χ3v) is 4.28. The van der Waals surface area contributed by atoms with Crippen molar-refractivity contribution in [2.24, 2.45) is 5.16 Å². The number of non-ortho nitro benzene ring substituents is 1. The van der Waals surface area contributed by atoms with Gasteiger partial charge in [-0.05, 0) is 41.0 Å². The Labute approximate surface area is 156 Å². The molecular weight excluding hydrogens is 344 g/mol. The molecule has 0 N–H and O–H groups in total. The fourth-order valence-corrected chi connectivity index (χ4v) is 2.86. The molecule has 0 spiro atoms. The molecule has 0 saturated carbocycles. The number of hydrogen-bond donors (Lipinski definition) is 0. The van der Waals surface area contributed by atoms with E-state index in [0.29, 0.717) is 5.71 Å². The Bertz CT molecular complexity index is 1040. The molecule has 0 heterocycles. The summed E-state index contributed by atoms with van der Waals surface area (Å²) in [4.78, 5) is 26.7. The minimum Gasteiger partial charge on any atom is -0.318 e. The van der Waals surface area contributed by atoms with Crippen LogP contribution in [0, 0.1) is 10.1 Å². The summed E-state index contributed by atoms with van der Waals surface area (Å²) >= 11 is 0. The number of hydrogen-bond acceptors (Lipinski definition) is 5. The van der Waals surface area contributed by atoms with E-state index in [-0.39, 0.29) is 18.1 Å². The van der Waals surface area contributed by atoms with Gasteiger partial charge in [-0.3, -0.25) is 10.1 Å². The maximum Gasteiger partial charge on any atom is 0.334 e. The first-order valence-electron chi connectivity index (χ1n) is 8.52. The van der Waals surface area contributed by atoms with Gasteiger partial charge in [-0.2, -0.15) is 0 Å². The zero-order chi connectivity index (χ0) is 19.4. The lowest BCUT2D eigenvalue weighted by molar-refractivity contribution is -0.384. The second kappa shape index (κ2) is 7.78. The standard InChI is InChI=1S/C21H18N2O4/c1-3-21(24)27-22-14(2)17-12-13-18(20-7-5-4-6-19(17)20)15-8-10-16(11-9-15)23(25)26/h4-13H,3H2,1-2H3. The van der Waals surface area contributed by atoms with Crippen LogP contribution in [0.5, 0.6) is 0 Å². The monoisotopic (exact) mass is 362 g/mol. The van der Waals surface area contributed by atoms with Crippen molar-refractivity contribution in [3.63, 3.8) is 0 Å². The maximum atomic E-state index is 11.3. The van der Waals surface area contributed by atoms with Gasteiger partial charge in [0, 0.05) is 24.1 Å². The lowest BCUT2D eigenvalue weighted by atomic mass is 9.93. The van der Waals surface area contributed by atoms with E-state index >= 15 is 0 Å². The van der Waals surface area contributed by atoms with Crippen molar-refractivity contribution in [1.29, 1.82) is 0 Å². The minimum atomic E-state index is -0.414. The van der Waals surface area contributed by atoms with Crippen LogP contribution in [0.25, 0.3) is 21.9 Å². The highest BCUT2D eigenvalue weighted by molar-refractivity contribution is 6.12. The van der Waals surface area contributed by atoms with Crippen molar-refractivity contribution in [3.8, 4) is 11.1 Å². The number of nitro benzene ring substituents is 1. The molecule has 0 aliphatic heterocycles. The van der Waals surface area contributed by atoms with Gasteiger partial charge in [0.15, 0.2) is 0 Å². The Morgan fingerprint density at radius 3 is 2.33 bits per heavy atom. The number of oxime groups is 1. The van der Waals surface area contributed by atoms with Crippen molar-refractivity contribution in [3.05, 3.63) is 76.3 Å². The molecule has 27 heavy (non-hydrogen) atoms. The topological polar surface area (TPSA) is 81.8 Å². The number of nitrogens with zero attached hydrogens (tertiary/aromatic N) is 2. The zero-order valence-corrected chi connectivity index (χ0v) is 15.0.